The van der Waals surface area contributed by atoms with Crippen molar-refractivity contribution in [2.45, 2.75) is 0 Å². The van der Waals surface area contributed by atoms with Crippen molar-refractivity contribution in [3.63, 3.8) is 0 Å². The van der Waals surface area contributed by atoms with Gasteiger partial charge in [0, 0.05) is 37.1 Å². The van der Waals surface area contributed by atoms with Crippen molar-refractivity contribution >= 4 is 11.6 Å². The molecule has 0 aliphatic rings. The van der Waals surface area contributed by atoms with Crippen LogP contribution in [0.4, 0.5) is 0 Å². The summed E-state index contributed by atoms with van der Waals surface area (Å²) in [4.78, 5) is 26.9. The molecule has 0 bridgehead atoms. The maximum absolute atomic E-state index is 11.9. The van der Waals surface area contributed by atoms with Crippen molar-refractivity contribution in [1.82, 2.24) is 19.2 Å². The van der Waals surface area contributed by atoms with Gasteiger partial charge in [-0.25, -0.2) is 4.79 Å². The quantitative estimate of drug-likeness (QED) is 0.743. The third kappa shape index (κ3) is 1.76. The number of pyridine rings is 1. The average Bonchev–Trinajstić information content (AvgIpc) is 2.89. The van der Waals surface area contributed by atoms with Crippen LogP contribution in [0.1, 0.15) is 10.5 Å². The fraction of sp³-hybridized carbons (Fsp3) is 0.0769. The molecule has 0 aromatic carbocycles. The van der Waals surface area contributed by atoms with E-state index >= 15 is 0 Å². The molecular formula is C13H10N4O3. The van der Waals surface area contributed by atoms with E-state index in [9.17, 15) is 9.59 Å². The van der Waals surface area contributed by atoms with Crippen LogP contribution in [0.5, 0.6) is 0 Å². The SMILES string of the molecule is Cn1c(C(=O)O)cc(=O)n2nc(-c3ccncc3)cc12. The van der Waals surface area contributed by atoms with Gasteiger partial charge in [-0.3, -0.25) is 9.78 Å². The Hall–Kier alpha value is -2.96. The smallest absolute Gasteiger partial charge is 0.352 e. The molecule has 20 heavy (non-hydrogen) atoms. The Morgan fingerprint density at radius 1 is 1.25 bits per heavy atom. The molecule has 3 heterocycles. The Bertz CT molecular complexity index is 864. The molecule has 0 unspecified atom stereocenters. The summed E-state index contributed by atoms with van der Waals surface area (Å²) in [5.41, 5.74) is 1.25. The Morgan fingerprint density at radius 3 is 2.60 bits per heavy atom. The van der Waals surface area contributed by atoms with Crippen LogP contribution in [0.2, 0.25) is 0 Å². The van der Waals surface area contributed by atoms with E-state index in [1.807, 2.05) is 0 Å². The van der Waals surface area contributed by atoms with Crippen LogP contribution >= 0.6 is 0 Å². The van der Waals surface area contributed by atoms with E-state index in [1.54, 1.807) is 37.6 Å². The number of carboxylic acids is 1. The summed E-state index contributed by atoms with van der Waals surface area (Å²) < 4.78 is 2.60. The van der Waals surface area contributed by atoms with Gasteiger partial charge in [-0.2, -0.15) is 9.61 Å². The standard InChI is InChI=1S/C13H10N4O3/c1-16-10(13(19)20)7-12(18)17-11(16)6-9(15-17)8-2-4-14-5-3-8/h2-7H,1H3,(H,19,20). The summed E-state index contributed by atoms with van der Waals surface area (Å²) in [6.07, 6.45) is 3.25. The first-order valence-electron chi connectivity index (χ1n) is 5.81. The molecule has 7 heteroatoms. The van der Waals surface area contributed by atoms with Crippen LogP contribution in [0, 0.1) is 0 Å². The van der Waals surface area contributed by atoms with Crippen LogP contribution in [-0.4, -0.2) is 30.2 Å². The molecule has 0 radical (unpaired) electrons. The number of hydrogen-bond acceptors (Lipinski definition) is 4. The van der Waals surface area contributed by atoms with Crippen molar-refractivity contribution in [2.24, 2.45) is 7.05 Å². The number of aromatic carboxylic acids is 1. The molecule has 3 aromatic rings. The van der Waals surface area contributed by atoms with Gasteiger partial charge in [-0.1, -0.05) is 0 Å². The molecule has 0 spiro atoms. The van der Waals surface area contributed by atoms with Gasteiger partial charge in [-0.15, -0.1) is 0 Å². The lowest BCUT2D eigenvalue weighted by Crippen LogP contribution is -2.21. The molecule has 7 nitrogen and oxygen atoms in total. The number of hydrogen-bond donors (Lipinski definition) is 1. The van der Waals surface area contributed by atoms with E-state index in [0.717, 1.165) is 11.6 Å². The Kier molecular flexibility index (Phi) is 2.60. The molecule has 3 rings (SSSR count). The van der Waals surface area contributed by atoms with Crippen LogP contribution in [0.3, 0.4) is 0 Å². The van der Waals surface area contributed by atoms with Crippen LogP contribution in [0.15, 0.2) is 41.5 Å². The number of aryl methyl sites for hydroxylation is 1. The Morgan fingerprint density at radius 2 is 1.95 bits per heavy atom. The average molecular weight is 270 g/mol. The van der Waals surface area contributed by atoms with Crippen molar-refractivity contribution < 1.29 is 9.90 Å². The van der Waals surface area contributed by atoms with Crippen LogP contribution in [-0.2, 0) is 7.05 Å². The number of aromatic nitrogens is 4. The summed E-state index contributed by atoms with van der Waals surface area (Å²) in [7, 11) is 1.58. The van der Waals surface area contributed by atoms with Gasteiger partial charge in [0.05, 0.1) is 5.69 Å². The molecule has 3 aromatic heterocycles. The minimum atomic E-state index is -1.15. The summed E-state index contributed by atoms with van der Waals surface area (Å²) in [6, 6.07) is 6.26. The van der Waals surface area contributed by atoms with Gasteiger partial charge in [0.1, 0.15) is 11.3 Å². The molecule has 0 saturated heterocycles. The predicted molar refractivity (Wildman–Crippen MR) is 70.6 cm³/mol. The minimum absolute atomic E-state index is 0.0799. The van der Waals surface area contributed by atoms with Crippen molar-refractivity contribution in [3.05, 3.63) is 52.7 Å². The highest BCUT2D eigenvalue weighted by molar-refractivity contribution is 5.86. The van der Waals surface area contributed by atoms with Crippen LogP contribution in [0.25, 0.3) is 16.9 Å². The van der Waals surface area contributed by atoms with Gasteiger partial charge >= 0.3 is 5.97 Å². The first kappa shape index (κ1) is 12.1. The molecule has 0 aliphatic carbocycles. The maximum Gasteiger partial charge on any atom is 0.352 e. The van der Waals surface area contributed by atoms with Gasteiger partial charge < -0.3 is 9.67 Å². The second kappa shape index (κ2) is 4.30. The van der Waals surface area contributed by atoms with Gasteiger partial charge in [0.25, 0.3) is 5.56 Å². The van der Waals surface area contributed by atoms with Gasteiger partial charge in [0.15, 0.2) is 0 Å². The number of carboxylic acid groups (broad SMARTS) is 1. The van der Waals surface area contributed by atoms with Crippen molar-refractivity contribution in [3.8, 4) is 11.3 Å². The van der Waals surface area contributed by atoms with E-state index in [0.29, 0.717) is 11.3 Å². The molecule has 0 aliphatic heterocycles. The Balaban J connectivity index is 2.32. The van der Waals surface area contributed by atoms with E-state index in [-0.39, 0.29) is 5.69 Å². The lowest BCUT2D eigenvalue weighted by molar-refractivity contribution is 0.0685. The zero-order valence-corrected chi connectivity index (χ0v) is 10.5. The predicted octanol–water partition coefficient (Wildman–Crippen LogP) is 0.793. The van der Waals surface area contributed by atoms with Crippen molar-refractivity contribution in [2.75, 3.05) is 0 Å². The van der Waals surface area contributed by atoms with E-state index in [1.165, 1.54) is 9.08 Å². The zero-order valence-electron chi connectivity index (χ0n) is 10.5. The second-order valence-electron chi connectivity index (χ2n) is 4.27. The first-order chi connectivity index (χ1) is 9.58. The molecule has 0 fully saturated rings. The van der Waals surface area contributed by atoms with E-state index in [4.69, 9.17) is 5.11 Å². The lowest BCUT2D eigenvalue weighted by Gasteiger charge is -2.05. The molecular weight excluding hydrogens is 260 g/mol. The molecule has 100 valence electrons. The summed E-state index contributed by atoms with van der Waals surface area (Å²) >= 11 is 0. The fourth-order valence-electron chi connectivity index (χ4n) is 2.04. The number of nitrogens with zero attached hydrogens (tertiary/aromatic N) is 4. The van der Waals surface area contributed by atoms with E-state index < -0.39 is 11.5 Å². The lowest BCUT2D eigenvalue weighted by atomic mass is 10.2. The van der Waals surface area contributed by atoms with Crippen LogP contribution < -0.4 is 5.56 Å². The largest absolute Gasteiger partial charge is 0.477 e. The summed E-state index contributed by atoms with van der Waals surface area (Å²) in [6.45, 7) is 0. The highest BCUT2D eigenvalue weighted by Gasteiger charge is 2.14. The monoisotopic (exact) mass is 270 g/mol. The number of carbonyl (C=O) groups is 1. The van der Waals surface area contributed by atoms with E-state index in [2.05, 4.69) is 10.1 Å². The third-order valence-corrected chi connectivity index (χ3v) is 3.06. The van der Waals surface area contributed by atoms with Gasteiger partial charge in [-0.05, 0) is 12.1 Å². The summed E-state index contributed by atoms with van der Waals surface area (Å²) in [5, 5.41) is 13.3. The topological polar surface area (TPSA) is 89.5 Å². The number of rotatable bonds is 2. The third-order valence-electron chi connectivity index (χ3n) is 3.06. The Labute approximate surface area is 112 Å². The highest BCUT2D eigenvalue weighted by Crippen LogP contribution is 2.18. The zero-order chi connectivity index (χ0) is 14.3. The maximum atomic E-state index is 11.9. The van der Waals surface area contributed by atoms with Gasteiger partial charge in [0.2, 0.25) is 0 Å². The minimum Gasteiger partial charge on any atom is -0.477 e. The molecule has 0 saturated carbocycles. The normalized spacial score (nSPS) is 10.8. The molecule has 0 atom stereocenters. The highest BCUT2D eigenvalue weighted by atomic mass is 16.4. The number of fused-ring (bicyclic) bond motifs is 1. The fourth-order valence-corrected chi connectivity index (χ4v) is 2.04. The summed E-state index contributed by atoms with van der Waals surface area (Å²) in [5.74, 6) is -1.15. The van der Waals surface area contributed by atoms with Crippen molar-refractivity contribution in [1.29, 1.82) is 0 Å². The molecule has 0 amide bonds. The molecule has 1 N–H and O–H groups in total. The second-order valence-corrected chi connectivity index (χ2v) is 4.27. The first-order valence-corrected chi connectivity index (χ1v) is 5.81.